The van der Waals surface area contributed by atoms with Crippen molar-refractivity contribution in [2.24, 2.45) is 0 Å². The Morgan fingerprint density at radius 2 is 2.05 bits per heavy atom. The summed E-state index contributed by atoms with van der Waals surface area (Å²) < 4.78 is 5.50. The maximum absolute atomic E-state index is 10.6. The highest BCUT2D eigenvalue weighted by Gasteiger charge is 2.10. The normalized spacial score (nSPS) is 10.2. The molecule has 0 unspecified atom stereocenters. The van der Waals surface area contributed by atoms with Crippen LogP contribution in [0.15, 0.2) is 42.5 Å². The first-order valence-electron chi connectivity index (χ1n) is 5.47. The molecule has 0 saturated carbocycles. The molecule has 0 aliphatic carbocycles. The van der Waals surface area contributed by atoms with E-state index in [1.165, 1.54) is 18.2 Å². The number of nitrogens with two attached hydrogens (primary N) is 1. The van der Waals surface area contributed by atoms with Gasteiger partial charge in [-0.25, -0.2) is 0 Å². The van der Waals surface area contributed by atoms with E-state index in [0.717, 1.165) is 5.56 Å². The van der Waals surface area contributed by atoms with Crippen molar-refractivity contribution in [3.8, 4) is 5.75 Å². The molecule has 0 aliphatic rings. The predicted octanol–water partition coefficient (Wildman–Crippen LogP) is 3.41. The minimum absolute atomic E-state index is 0.0682. The summed E-state index contributed by atoms with van der Waals surface area (Å²) in [5.41, 5.74) is 7.13. The molecule has 0 atom stereocenters. The Morgan fingerprint density at radius 3 is 2.68 bits per heavy atom. The number of rotatable bonds is 4. The Bertz CT molecular complexity index is 617. The summed E-state index contributed by atoms with van der Waals surface area (Å²) in [4.78, 5) is 10.1. The van der Waals surface area contributed by atoms with Crippen LogP contribution in [0.4, 0.5) is 11.4 Å². The Kier molecular flexibility index (Phi) is 3.87. The van der Waals surface area contributed by atoms with Crippen molar-refractivity contribution < 1.29 is 9.66 Å². The topological polar surface area (TPSA) is 78.4 Å². The summed E-state index contributed by atoms with van der Waals surface area (Å²) in [5.74, 6) is 0.398. The first kappa shape index (κ1) is 13.2. The maximum Gasteiger partial charge on any atom is 0.271 e. The zero-order chi connectivity index (χ0) is 13.8. The molecular formula is C13H11ClN2O3. The zero-order valence-electron chi connectivity index (χ0n) is 9.88. The van der Waals surface area contributed by atoms with Gasteiger partial charge in [0.1, 0.15) is 12.4 Å². The Hall–Kier alpha value is -2.27. The number of non-ortho nitro benzene ring substituents is 1. The van der Waals surface area contributed by atoms with Gasteiger partial charge in [-0.1, -0.05) is 23.7 Å². The van der Waals surface area contributed by atoms with Crippen LogP contribution < -0.4 is 10.5 Å². The third kappa shape index (κ3) is 3.35. The average Bonchev–Trinajstić information content (AvgIpc) is 2.37. The summed E-state index contributed by atoms with van der Waals surface area (Å²) >= 11 is 5.92. The SMILES string of the molecule is Nc1cccc(COc2ccc([N+](=O)[O-])cc2Cl)c1. The molecule has 0 radical (unpaired) electrons. The number of hydrogen-bond acceptors (Lipinski definition) is 4. The summed E-state index contributed by atoms with van der Waals surface area (Å²) in [6.07, 6.45) is 0. The molecule has 2 aromatic rings. The molecule has 6 heteroatoms. The van der Waals surface area contributed by atoms with E-state index in [1.807, 2.05) is 12.1 Å². The summed E-state index contributed by atoms with van der Waals surface area (Å²) in [7, 11) is 0. The Labute approximate surface area is 114 Å². The second-order valence-electron chi connectivity index (χ2n) is 3.91. The van der Waals surface area contributed by atoms with Crippen LogP contribution in [0.2, 0.25) is 5.02 Å². The number of halogens is 1. The third-order valence-corrected chi connectivity index (χ3v) is 2.77. The zero-order valence-corrected chi connectivity index (χ0v) is 10.6. The lowest BCUT2D eigenvalue weighted by molar-refractivity contribution is -0.384. The highest BCUT2D eigenvalue weighted by atomic mass is 35.5. The van der Waals surface area contributed by atoms with Gasteiger partial charge in [-0.3, -0.25) is 10.1 Å². The van der Waals surface area contributed by atoms with Crippen LogP contribution >= 0.6 is 11.6 Å². The van der Waals surface area contributed by atoms with Crippen LogP contribution in [0.1, 0.15) is 5.56 Å². The molecule has 0 amide bonds. The Balaban J connectivity index is 2.10. The molecule has 0 spiro atoms. The number of ether oxygens (including phenoxy) is 1. The van der Waals surface area contributed by atoms with E-state index in [2.05, 4.69) is 0 Å². The molecule has 0 aliphatic heterocycles. The number of nitrogens with zero attached hydrogens (tertiary/aromatic N) is 1. The van der Waals surface area contributed by atoms with Gasteiger partial charge in [-0.15, -0.1) is 0 Å². The molecule has 0 heterocycles. The van der Waals surface area contributed by atoms with Crippen LogP contribution in [0, 0.1) is 10.1 Å². The quantitative estimate of drug-likeness (QED) is 0.528. The minimum Gasteiger partial charge on any atom is -0.487 e. The van der Waals surface area contributed by atoms with Crippen LogP contribution in [0.25, 0.3) is 0 Å². The van der Waals surface area contributed by atoms with E-state index < -0.39 is 4.92 Å². The lowest BCUT2D eigenvalue weighted by Gasteiger charge is -2.08. The van der Waals surface area contributed by atoms with Gasteiger partial charge in [0.2, 0.25) is 0 Å². The van der Waals surface area contributed by atoms with Crippen LogP contribution in [0.5, 0.6) is 5.75 Å². The number of nitro benzene ring substituents is 1. The fourth-order valence-electron chi connectivity index (χ4n) is 1.56. The lowest BCUT2D eigenvalue weighted by Crippen LogP contribution is -1.97. The largest absolute Gasteiger partial charge is 0.487 e. The standard InChI is InChI=1S/C13H11ClN2O3/c14-12-7-11(16(17)18)4-5-13(12)19-8-9-2-1-3-10(15)6-9/h1-7H,8,15H2. The molecule has 19 heavy (non-hydrogen) atoms. The van der Waals surface area contributed by atoms with Crippen molar-refractivity contribution >= 4 is 23.0 Å². The van der Waals surface area contributed by atoms with E-state index in [4.69, 9.17) is 22.1 Å². The van der Waals surface area contributed by atoms with E-state index in [1.54, 1.807) is 12.1 Å². The number of nitro groups is 1. The van der Waals surface area contributed by atoms with Gasteiger partial charge >= 0.3 is 0 Å². The molecule has 0 saturated heterocycles. The highest BCUT2D eigenvalue weighted by molar-refractivity contribution is 6.32. The number of anilines is 1. The van der Waals surface area contributed by atoms with Crippen molar-refractivity contribution in [1.82, 2.24) is 0 Å². The van der Waals surface area contributed by atoms with Gasteiger partial charge in [0.05, 0.1) is 9.95 Å². The van der Waals surface area contributed by atoms with Crippen molar-refractivity contribution in [3.05, 3.63) is 63.2 Å². The van der Waals surface area contributed by atoms with Gasteiger partial charge in [0.15, 0.2) is 0 Å². The van der Waals surface area contributed by atoms with E-state index in [9.17, 15) is 10.1 Å². The molecule has 2 rings (SSSR count). The van der Waals surface area contributed by atoms with E-state index >= 15 is 0 Å². The Morgan fingerprint density at radius 1 is 1.26 bits per heavy atom. The third-order valence-electron chi connectivity index (χ3n) is 2.47. The van der Waals surface area contributed by atoms with Crippen molar-refractivity contribution in [3.63, 3.8) is 0 Å². The molecule has 2 aromatic carbocycles. The van der Waals surface area contributed by atoms with Crippen molar-refractivity contribution in [1.29, 1.82) is 0 Å². The molecule has 0 aromatic heterocycles. The number of hydrogen-bond donors (Lipinski definition) is 1. The van der Waals surface area contributed by atoms with Gasteiger partial charge in [-0.05, 0) is 23.8 Å². The van der Waals surface area contributed by atoms with Gasteiger partial charge < -0.3 is 10.5 Å². The van der Waals surface area contributed by atoms with Crippen LogP contribution in [-0.2, 0) is 6.61 Å². The summed E-state index contributed by atoms with van der Waals surface area (Å²) in [6.45, 7) is 0.294. The second kappa shape index (κ2) is 5.58. The highest BCUT2D eigenvalue weighted by Crippen LogP contribution is 2.29. The number of benzene rings is 2. The molecule has 98 valence electrons. The number of nitrogen functional groups attached to an aromatic ring is 1. The smallest absolute Gasteiger partial charge is 0.271 e. The molecule has 5 nitrogen and oxygen atoms in total. The molecule has 0 bridgehead atoms. The first-order chi connectivity index (χ1) is 9.06. The van der Waals surface area contributed by atoms with Crippen molar-refractivity contribution in [2.75, 3.05) is 5.73 Å². The maximum atomic E-state index is 10.6. The summed E-state index contributed by atoms with van der Waals surface area (Å²) in [5, 5.41) is 10.8. The van der Waals surface area contributed by atoms with Crippen molar-refractivity contribution in [2.45, 2.75) is 6.61 Å². The van der Waals surface area contributed by atoms with Crippen LogP contribution in [-0.4, -0.2) is 4.92 Å². The van der Waals surface area contributed by atoms with E-state index in [0.29, 0.717) is 18.0 Å². The molecular weight excluding hydrogens is 268 g/mol. The predicted molar refractivity (Wildman–Crippen MR) is 73.3 cm³/mol. The van der Waals surface area contributed by atoms with Crippen LogP contribution in [0.3, 0.4) is 0 Å². The minimum atomic E-state index is -0.506. The molecule has 2 N–H and O–H groups in total. The first-order valence-corrected chi connectivity index (χ1v) is 5.85. The fraction of sp³-hybridized carbons (Fsp3) is 0.0769. The van der Waals surface area contributed by atoms with Gasteiger partial charge in [0, 0.05) is 17.8 Å². The fourth-order valence-corrected chi connectivity index (χ4v) is 1.79. The summed E-state index contributed by atoms with van der Waals surface area (Å²) in [6, 6.07) is 11.4. The molecule has 0 fully saturated rings. The lowest BCUT2D eigenvalue weighted by atomic mass is 10.2. The van der Waals surface area contributed by atoms with Gasteiger partial charge in [0.25, 0.3) is 5.69 Å². The van der Waals surface area contributed by atoms with Gasteiger partial charge in [-0.2, -0.15) is 0 Å². The van der Waals surface area contributed by atoms with E-state index in [-0.39, 0.29) is 10.7 Å². The average molecular weight is 279 g/mol. The second-order valence-corrected chi connectivity index (χ2v) is 4.31. The monoisotopic (exact) mass is 278 g/mol.